The lowest BCUT2D eigenvalue weighted by molar-refractivity contribution is 0.133. The molecule has 1 aliphatic heterocycles. The summed E-state index contributed by atoms with van der Waals surface area (Å²) in [7, 11) is 0. The molecule has 1 aromatic rings. The Hall–Kier alpha value is -1.36. The number of aliphatic hydroxyl groups is 1. The first-order chi connectivity index (χ1) is 8.16. The van der Waals surface area contributed by atoms with Gasteiger partial charge in [-0.2, -0.15) is 0 Å². The molecule has 1 saturated carbocycles. The van der Waals surface area contributed by atoms with E-state index in [4.69, 9.17) is 5.73 Å². The van der Waals surface area contributed by atoms with Crippen LogP contribution in [0.3, 0.4) is 0 Å². The van der Waals surface area contributed by atoms with E-state index < -0.39 is 0 Å². The molecule has 5 nitrogen and oxygen atoms in total. The summed E-state index contributed by atoms with van der Waals surface area (Å²) in [5.41, 5.74) is 6.75. The summed E-state index contributed by atoms with van der Waals surface area (Å²) in [4.78, 5) is 10.6. The standard InChI is InChI=1S/C12H18N4O/c1-7-11(13)14-6-15-12(7)16-4-8-2-3-10(17)9(8)5-16/h6,8-10,17H,2-5H2,1H3,(H2,13,14,15). The van der Waals surface area contributed by atoms with Gasteiger partial charge < -0.3 is 15.7 Å². The third kappa shape index (κ3) is 1.65. The van der Waals surface area contributed by atoms with E-state index in [0.29, 0.717) is 17.7 Å². The van der Waals surface area contributed by atoms with Crippen molar-refractivity contribution in [2.45, 2.75) is 25.9 Å². The molecule has 2 heterocycles. The normalized spacial score (nSPS) is 31.9. The molecular formula is C12H18N4O. The lowest BCUT2D eigenvalue weighted by atomic mass is 10.00. The molecule has 1 aromatic heterocycles. The Bertz CT molecular complexity index is 437. The van der Waals surface area contributed by atoms with Gasteiger partial charge in [0.25, 0.3) is 0 Å². The quantitative estimate of drug-likeness (QED) is 0.743. The van der Waals surface area contributed by atoms with Gasteiger partial charge in [-0.05, 0) is 25.7 Å². The van der Waals surface area contributed by atoms with Crippen LogP contribution in [0, 0.1) is 18.8 Å². The molecule has 0 aromatic carbocycles. The number of aromatic nitrogens is 2. The highest BCUT2D eigenvalue weighted by Crippen LogP contribution is 2.40. The fraction of sp³-hybridized carbons (Fsp3) is 0.667. The van der Waals surface area contributed by atoms with Gasteiger partial charge >= 0.3 is 0 Å². The Morgan fingerprint density at radius 2 is 2.18 bits per heavy atom. The predicted molar refractivity (Wildman–Crippen MR) is 65.6 cm³/mol. The molecule has 0 amide bonds. The van der Waals surface area contributed by atoms with Crippen molar-refractivity contribution in [1.82, 2.24) is 9.97 Å². The first-order valence-corrected chi connectivity index (χ1v) is 6.17. The number of fused-ring (bicyclic) bond motifs is 1. The number of aliphatic hydroxyl groups excluding tert-OH is 1. The molecule has 2 aliphatic rings. The van der Waals surface area contributed by atoms with Gasteiger partial charge in [0.1, 0.15) is 18.0 Å². The fourth-order valence-corrected chi connectivity index (χ4v) is 3.18. The van der Waals surface area contributed by atoms with E-state index in [0.717, 1.165) is 37.3 Å². The largest absolute Gasteiger partial charge is 0.393 e. The van der Waals surface area contributed by atoms with Crippen molar-refractivity contribution in [3.63, 3.8) is 0 Å². The molecule has 0 spiro atoms. The number of nitrogens with two attached hydrogens (primary N) is 1. The zero-order valence-corrected chi connectivity index (χ0v) is 10.0. The lowest BCUT2D eigenvalue weighted by Crippen LogP contribution is -2.26. The number of hydrogen-bond donors (Lipinski definition) is 2. The minimum Gasteiger partial charge on any atom is -0.393 e. The van der Waals surface area contributed by atoms with Crippen LogP contribution in [0.25, 0.3) is 0 Å². The van der Waals surface area contributed by atoms with Gasteiger partial charge in [0.15, 0.2) is 0 Å². The van der Waals surface area contributed by atoms with E-state index in [1.54, 1.807) is 0 Å². The fourth-order valence-electron chi connectivity index (χ4n) is 3.18. The van der Waals surface area contributed by atoms with E-state index >= 15 is 0 Å². The molecule has 92 valence electrons. The van der Waals surface area contributed by atoms with Gasteiger partial charge in [0.2, 0.25) is 0 Å². The molecule has 17 heavy (non-hydrogen) atoms. The van der Waals surface area contributed by atoms with Gasteiger partial charge in [-0.15, -0.1) is 0 Å². The zero-order chi connectivity index (χ0) is 12.0. The summed E-state index contributed by atoms with van der Waals surface area (Å²) in [6, 6.07) is 0. The van der Waals surface area contributed by atoms with Crippen LogP contribution in [-0.4, -0.2) is 34.3 Å². The Kier molecular flexibility index (Phi) is 2.43. The monoisotopic (exact) mass is 234 g/mol. The Morgan fingerprint density at radius 1 is 1.35 bits per heavy atom. The molecule has 0 radical (unpaired) electrons. The Morgan fingerprint density at radius 3 is 2.94 bits per heavy atom. The van der Waals surface area contributed by atoms with Crippen LogP contribution in [-0.2, 0) is 0 Å². The summed E-state index contributed by atoms with van der Waals surface area (Å²) in [6.45, 7) is 3.83. The van der Waals surface area contributed by atoms with Crippen molar-refractivity contribution < 1.29 is 5.11 Å². The Labute approximate surface area is 101 Å². The second-order valence-electron chi connectivity index (χ2n) is 5.18. The summed E-state index contributed by atoms with van der Waals surface area (Å²) in [6.07, 6.45) is 3.46. The highest BCUT2D eigenvalue weighted by molar-refractivity contribution is 5.56. The second-order valence-corrected chi connectivity index (χ2v) is 5.18. The van der Waals surface area contributed by atoms with Crippen LogP contribution < -0.4 is 10.6 Å². The second kappa shape index (κ2) is 3.84. The van der Waals surface area contributed by atoms with Crippen LogP contribution in [0.5, 0.6) is 0 Å². The highest BCUT2D eigenvalue weighted by Gasteiger charge is 2.42. The van der Waals surface area contributed by atoms with Crippen molar-refractivity contribution in [3.8, 4) is 0 Å². The summed E-state index contributed by atoms with van der Waals surface area (Å²) in [5.74, 6) is 2.50. The molecule has 3 rings (SSSR count). The number of rotatable bonds is 1. The minimum atomic E-state index is -0.135. The van der Waals surface area contributed by atoms with Crippen LogP contribution in [0.1, 0.15) is 18.4 Å². The smallest absolute Gasteiger partial charge is 0.137 e. The van der Waals surface area contributed by atoms with Crippen molar-refractivity contribution >= 4 is 11.6 Å². The van der Waals surface area contributed by atoms with Crippen LogP contribution in [0.2, 0.25) is 0 Å². The number of hydrogen-bond acceptors (Lipinski definition) is 5. The third-order valence-electron chi connectivity index (χ3n) is 4.22. The summed E-state index contributed by atoms with van der Waals surface area (Å²) in [5, 5.41) is 9.90. The van der Waals surface area contributed by atoms with E-state index in [1.807, 2.05) is 6.92 Å². The third-order valence-corrected chi connectivity index (χ3v) is 4.22. The van der Waals surface area contributed by atoms with Crippen LogP contribution in [0.4, 0.5) is 11.6 Å². The van der Waals surface area contributed by atoms with Gasteiger partial charge in [0, 0.05) is 24.6 Å². The minimum absolute atomic E-state index is 0.135. The van der Waals surface area contributed by atoms with E-state index in [9.17, 15) is 5.11 Å². The zero-order valence-electron chi connectivity index (χ0n) is 10.0. The van der Waals surface area contributed by atoms with Gasteiger partial charge in [0.05, 0.1) is 6.10 Å². The maximum absolute atomic E-state index is 9.90. The maximum atomic E-state index is 9.90. The molecule has 2 fully saturated rings. The topological polar surface area (TPSA) is 75.3 Å². The molecule has 3 atom stereocenters. The van der Waals surface area contributed by atoms with Crippen molar-refractivity contribution in [2.75, 3.05) is 23.7 Å². The van der Waals surface area contributed by atoms with E-state index in [-0.39, 0.29) is 6.10 Å². The highest BCUT2D eigenvalue weighted by atomic mass is 16.3. The molecule has 3 unspecified atom stereocenters. The van der Waals surface area contributed by atoms with Crippen LogP contribution in [0.15, 0.2) is 6.33 Å². The number of nitrogen functional groups attached to an aromatic ring is 1. The molecule has 1 saturated heterocycles. The average molecular weight is 234 g/mol. The molecule has 0 bridgehead atoms. The first-order valence-electron chi connectivity index (χ1n) is 6.17. The molecule has 3 N–H and O–H groups in total. The van der Waals surface area contributed by atoms with Gasteiger partial charge in [-0.1, -0.05) is 0 Å². The van der Waals surface area contributed by atoms with Crippen molar-refractivity contribution in [2.24, 2.45) is 11.8 Å². The van der Waals surface area contributed by atoms with Gasteiger partial charge in [-0.3, -0.25) is 0 Å². The summed E-state index contributed by atoms with van der Waals surface area (Å²) < 4.78 is 0. The molecule has 5 heteroatoms. The number of nitrogens with zero attached hydrogens (tertiary/aromatic N) is 3. The van der Waals surface area contributed by atoms with E-state index in [1.165, 1.54) is 6.33 Å². The molecular weight excluding hydrogens is 216 g/mol. The van der Waals surface area contributed by atoms with Gasteiger partial charge in [-0.25, -0.2) is 9.97 Å². The Balaban J connectivity index is 1.85. The average Bonchev–Trinajstić information content (AvgIpc) is 2.85. The van der Waals surface area contributed by atoms with E-state index in [2.05, 4.69) is 14.9 Å². The first kappa shape index (κ1) is 10.8. The lowest BCUT2D eigenvalue weighted by Gasteiger charge is -2.21. The summed E-state index contributed by atoms with van der Waals surface area (Å²) >= 11 is 0. The number of anilines is 2. The van der Waals surface area contributed by atoms with Crippen LogP contribution >= 0.6 is 0 Å². The van der Waals surface area contributed by atoms with Crippen molar-refractivity contribution in [1.29, 1.82) is 0 Å². The maximum Gasteiger partial charge on any atom is 0.137 e. The predicted octanol–water partition coefficient (Wildman–Crippen LogP) is 0.574. The molecule has 1 aliphatic carbocycles. The van der Waals surface area contributed by atoms with Crippen molar-refractivity contribution in [3.05, 3.63) is 11.9 Å². The SMILES string of the molecule is Cc1c(N)ncnc1N1CC2CCC(O)C2C1.